The Bertz CT molecular complexity index is 430. The normalized spacial score (nSPS) is 29.3. The molecule has 2 unspecified atom stereocenters. The third kappa shape index (κ3) is 2.52. The van der Waals surface area contributed by atoms with Crippen LogP contribution < -0.4 is 0 Å². The minimum absolute atomic E-state index is 0.0938. The Morgan fingerprint density at radius 1 is 1.33 bits per heavy atom. The summed E-state index contributed by atoms with van der Waals surface area (Å²) in [5.74, 6) is 0. The first kappa shape index (κ1) is 13.4. The van der Waals surface area contributed by atoms with E-state index in [-0.39, 0.29) is 18.6 Å². The quantitative estimate of drug-likeness (QED) is 0.840. The Labute approximate surface area is 103 Å². The van der Waals surface area contributed by atoms with E-state index in [2.05, 4.69) is 0 Å². The molecule has 1 saturated heterocycles. The molecule has 2 nitrogen and oxygen atoms in total. The smallest absolute Gasteiger partial charge is 0.393 e. The molecule has 2 atom stereocenters. The average Bonchev–Trinajstić information content (AvgIpc) is 2.27. The van der Waals surface area contributed by atoms with E-state index in [0.717, 1.165) is 6.07 Å². The largest absolute Gasteiger partial charge is 0.416 e. The van der Waals surface area contributed by atoms with Crippen molar-refractivity contribution in [3.63, 3.8) is 0 Å². The number of rotatable bonds is 1. The lowest BCUT2D eigenvalue weighted by molar-refractivity contribution is -0.148. The van der Waals surface area contributed by atoms with Gasteiger partial charge in [0.15, 0.2) is 0 Å². The van der Waals surface area contributed by atoms with Gasteiger partial charge in [-0.2, -0.15) is 13.2 Å². The second kappa shape index (κ2) is 4.55. The highest BCUT2D eigenvalue weighted by Gasteiger charge is 2.42. The van der Waals surface area contributed by atoms with Crippen molar-refractivity contribution in [2.24, 2.45) is 0 Å². The summed E-state index contributed by atoms with van der Waals surface area (Å²) in [6, 6.07) is 5.38. The lowest BCUT2D eigenvalue weighted by atomic mass is 9.84. The zero-order valence-electron chi connectivity index (χ0n) is 10.00. The zero-order chi connectivity index (χ0) is 13.4. The standard InChI is InChI=1S/C13H15F3O2/c1-12(8-9(17)6-7-18-12)10-4-2-3-5-11(10)13(14,15)16/h2-5,9,17H,6-8H2,1H3. The Kier molecular flexibility index (Phi) is 3.38. The van der Waals surface area contributed by atoms with Gasteiger partial charge in [-0.3, -0.25) is 0 Å². The molecule has 0 spiro atoms. The lowest BCUT2D eigenvalue weighted by Gasteiger charge is -2.38. The van der Waals surface area contributed by atoms with Crippen molar-refractivity contribution >= 4 is 0 Å². The van der Waals surface area contributed by atoms with Crippen LogP contribution in [-0.2, 0) is 16.5 Å². The molecule has 0 aromatic heterocycles. The molecule has 1 aromatic carbocycles. The summed E-state index contributed by atoms with van der Waals surface area (Å²) >= 11 is 0. The van der Waals surface area contributed by atoms with Crippen molar-refractivity contribution in [1.82, 2.24) is 0 Å². The summed E-state index contributed by atoms with van der Waals surface area (Å²) in [6.45, 7) is 1.86. The van der Waals surface area contributed by atoms with Gasteiger partial charge in [0.25, 0.3) is 0 Å². The van der Waals surface area contributed by atoms with Gasteiger partial charge in [-0.05, 0) is 25.0 Å². The second-order valence-corrected chi connectivity index (χ2v) is 4.77. The molecule has 0 radical (unpaired) electrons. The van der Waals surface area contributed by atoms with E-state index in [1.165, 1.54) is 12.1 Å². The SMILES string of the molecule is CC1(c2ccccc2C(F)(F)F)CC(O)CCO1. The van der Waals surface area contributed by atoms with Crippen molar-refractivity contribution in [2.75, 3.05) is 6.61 Å². The average molecular weight is 260 g/mol. The maximum Gasteiger partial charge on any atom is 0.416 e. The number of aliphatic hydroxyl groups is 1. The molecule has 1 fully saturated rings. The molecular formula is C13H15F3O2. The fraction of sp³-hybridized carbons (Fsp3) is 0.538. The van der Waals surface area contributed by atoms with Gasteiger partial charge in [0.05, 0.1) is 23.9 Å². The second-order valence-electron chi connectivity index (χ2n) is 4.77. The van der Waals surface area contributed by atoms with Gasteiger partial charge in [0.2, 0.25) is 0 Å². The first-order valence-corrected chi connectivity index (χ1v) is 5.82. The van der Waals surface area contributed by atoms with Gasteiger partial charge in [-0.25, -0.2) is 0 Å². The molecule has 1 N–H and O–H groups in total. The monoisotopic (exact) mass is 260 g/mol. The van der Waals surface area contributed by atoms with E-state index in [1.807, 2.05) is 0 Å². The fourth-order valence-corrected chi connectivity index (χ4v) is 2.41. The maximum absolute atomic E-state index is 13.0. The molecule has 0 amide bonds. The molecule has 2 rings (SSSR count). The molecule has 0 saturated carbocycles. The summed E-state index contributed by atoms with van der Waals surface area (Å²) in [5, 5.41) is 9.64. The molecule has 1 aromatic rings. The van der Waals surface area contributed by atoms with Gasteiger partial charge < -0.3 is 9.84 Å². The van der Waals surface area contributed by atoms with Crippen LogP contribution >= 0.6 is 0 Å². The van der Waals surface area contributed by atoms with Gasteiger partial charge >= 0.3 is 6.18 Å². The first-order chi connectivity index (χ1) is 8.33. The van der Waals surface area contributed by atoms with Gasteiger partial charge in [-0.15, -0.1) is 0 Å². The van der Waals surface area contributed by atoms with E-state index >= 15 is 0 Å². The summed E-state index contributed by atoms with van der Waals surface area (Å²) in [4.78, 5) is 0. The van der Waals surface area contributed by atoms with Crippen LogP contribution in [0.2, 0.25) is 0 Å². The van der Waals surface area contributed by atoms with Gasteiger partial charge in [0, 0.05) is 6.42 Å². The van der Waals surface area contributed by atoms with Crippen LogP contribution in [0.15, 0.2) is 24.3 Å². The van der Waals surface area contributed by atoms with Crippen molar-refractivity contribution < 1.29 is 23.0 Å². The number of benzene rings is 1. The summed E-state index contributed by atoms with van der Waals surface area (Å²) < 4.78 is 44.4. The van der Waals surface area contributed by atoms with E-state index < -0.39 is 23.4 Å². The number of alkyl halides is 3. The maximum atomic E-state index is 13.0. The van der Waals surface area contributed by atoms with Crippen LogP contribution in [0, 0.1) is 0 Å². The summed E-state index contributed by atoms with van der Waals surface area (Å²) in [6.07, 6.45) is -4.39. The van der Waals surface area contributed by atoms with Gasteiger partial charge in [0.1, 0.15) is 0 Å². The highest BCUT2D eigenvalue weighted by Crippen LogP contribution is 2.42. The third-order valence-electron chi connectivity index (χ3n) is 3.30. The highest BCUT2D eigenvalue weighted by atomic mass is 19.4. The number of aliphatic hydroxyl groups excluding tert-OH is 1. The lowest BCUT2D eigenvalue weighted by Crippen LogP contribution is -2.38. The Morgan fingerprint density at radius 3 is 2.61 bits per heavy atom. The number of hydrogen-bond acceptors (Lipinski definition) is 2. The topological polar surface area (TPSA) is 29.5 Å². The van der Waals surface area contributed by atoms with Crippen molar-refractivity contribution in [2.45, 2.75) is 37.6 Å². The molecule has 1 aliphatic heterocycles. The van der Waals surface area contributed by atoms with Crippen molar-refractivity contribution in [3.05, 3.63) is 35.4 Å². The van der Waals surface area contributed by atoms with Crippen LogP contribution in [0.3, 0.4) is 0 Å². The number of ether oxygens (including phenoxy) is 1. The first-order valence-electron chi connectivity index (χ1n) is 5.82. The third-order valence-corrected chi connectivity index (χ3v) is 3.30. The minimum atomic E-state index is -4.41. The molecule has 5 heteroatoms. The fourth-order valence-electron chi connectivity index (χ4n) is 2.41. The Balaban J connectivity index is 2.44. The van der Waals surface area contributed by atoms with Crippen LogP contribution in [0.25, 0.3) is 0 Å². The van der Waals surface area contributed by atoms with Crippen LogP contribution in [-0.4, -0.2) is 17.8 Å². The van der Waals surface area contributed by atoms with E-state index in [1.54, 1.807) is 13.0 Å². The molecular weight excluding hydrogens is 245 g/mol. The van der Waals surface area contributed by atoms with Crippen LogP contribution in [0.4, 0.5) is 13.2 Å². The summed E-state index contributed by atoms with van der Waals surface area (Å²) in [7, 11) is 0. The van der Waals surface area contributed by atoms with Gasteiger partial charge in [-0.1, -0.05) is 18.2 Å². The molecule has 18 heavy (non-hydrogen) atoms. The summed E-state index contributed by atoms with van der Waals surface area (Å²) in [5.41, 5.74) is -1.68. The van der Waals surface area contributed by atoms with Crippen molar-refractivity contribution in [3.8, 4) is 0 Å². The Hall–Kier alpha value is -1.07. The van der Waals surface area contributed by atoms with E-state index in [4.69, 9.17) is 4.74 Å². The predicted molar refractivity (Wildman–Crippen MR) is 60.0 cm³/mol. The highest BCUT2D eigenvalue weighted by molar-refractivity contribution is 5.34. The number of halogens is 3. The zero-order valence-corrected chi connectivity index (χ0v) is 10.00. The van der Waals surface area contributed by atoms with Crippen LogP contribution in [0.1, 0.15) is 30.9 Å². The molecule has 100 valence electrons. The molecule has 1 aliphatic rings. The van der Waals surface area contributed by atoms with E-state index in [9.17, 15) is 18.3 Å². The number of hydrogen-bond donors (Lipinski definition) is 1. The molecule has 0 bridgehead atoms. The van der Waals surface area contributed by atoms with Crippen molar-refractivity contribution in [1.29, 1.82) is 0 Å². The van der Waals surface area contributed by atoms with E-state index in [0.29, 0.717) is 6.42 Å². The molecule has 0 aliphatic carbocycles. The molecule has 1 heterocycles. The minimum Gasteiger partial charge on any atom is -0.393 e. The predicted octanol–water partition coefficient (Wildman–Crippen LogP) is 3.09. The van der Waals surface area contributed by atoms with Crippen LogP contribution in [0.5, 0.6) is 0 Å². The Morgan fingerprint density at radius 2 is 2.00 bits per heavy atom.